The molecule has 7 nitrogen and oxygen atoms in total. The third-order valence-electron chi connectivity index (χ3n) is 8.07. The molecule has 37 heavy (non-hydrogen) atoms. The van der Waals surface area contributed by atoms with Gasteiger partial charge in [0, 0.05) is 55.4 Å². The number of rotatable bonds is 6. The lowest BCUT2D eigenvalue weighted by Crippen LogP contribution is -2.41. The number of piperidine rings is 1. The molecule has 2 aliphatic rings. The van der Waals surface area contributed by atoms with Crippen LogP contribution in [0.25, 0.3) is 22.2 Å². The molecule has 4 aromatic rings. The summed E-state index contributed by atoms with van der Waals surface area (Å²) in [5.74, 6) is 0.244. The van der Waals surface area contributed by atoms with Crippen molar-refractivity contribution < 1.29 is 9.59 Å². The van der Waals surface area contributed by atoms with E-state index in [-0.39, 0.29) is 23.1 Å². The fourth-order valence-corrected chi connectivity index (χ4v) is 5.67. The van der Waals surface area contributed by atoms with Crippen molar-refractivity contribution in [3.05, 3.63) is 84.4 Å². The molecule has 7 heteroatoms. The standard InChI is InChI=1S/C30H31N5O2/c1-21-6-8-22(9-7-21)27-18-24(23-4-2-3-5-26(23)33-27)29(37)35-14-10-30(11-15-35)19-25(30)28(36)32-13-17-34-16-12-31-20-34/h2-9,12,16,18,20,25H,10-11,13-15,17,19H2,1H3,(H,32,36). The van der Waals surface area contributed by atoms with Crippen LogP contribution in [0, 0.1) is 18.3 Å². The number of para-hydroxylation sites is 1. The van der Waals surface area contributed by atoms with Gasteiger partial charge in [-0.05, 0) is 43.7 Å². The number of nitrogens with one attached hydrogen (secondary N) is 1. The first kappa shape index (κ1) is 23.4. The molecule has 1 saturated carbocycles. The molecular formula is C30H31N5O2. The quantitative estimate of drug-likeness (QED) is 0.430. The van der Waals surface area contributed by atoms with E-state index in [2.05, 4.69) is 41.5 Å². The molecule has 0 bridgehead atoms. The summed E-state index contributed by atoms with van der Waals surface area (Å²) in [6.45, 7) is 4.73. The van der Waals surface area contributed by atoms with Crippen molar-refractivity contribution in [1.29, 1.82) is 0 Å². The third kappa shape index (κ3) is 4.61. The number of likely N-dealkylation sites (tertiary alicyclic amines) is 1. The fraction of sp³-hybridized carbons (Fsp3) is 0.333. The normalized spacial score (nSPS) is 18.2. The smallest absolute Gasteiger partial charge is 0.254 e. The van der Waals surface area contributed by atoms with Crippen LogP contribution in [-0.2, 0) is 11.3 Å². The van der Waals surface area contributed by atoms with Crippen LogP contribution in [0.3, 0.4) is 0 Å². The summed E-state index contributed by atoms with van der Waals surface area (Å²) in [4.78, 5) is 37.4. The summed E-state index contributed by atoms with van der Waals surface area (Å²) >= 11 is 0. The van der Waals surface area contributed by atoms with Crippen LogP contribution in [-0.4, -0.2) is 50.9 Å². The Balaban J connectivity index is 1.14. The van der Waals surface area contributed by atoms with E-state index in [9.17, 15) is 9.59 Å². The number of hydrogen-bond acceptors (Lipinski definition) is 4. The summed E-state index contributed by atoms with van der Waals surface area (Å²) in [5.41, 5.74) is 4.57. The number of pyridine rings is 1. The van der Waals surface area contributed by atoms with E-state index in [1.807, 2.05) is 46.0 Å². The minimum absolute atomic E-state index is 0.0449. The number of hydrogen-bond donors (Lipinski definition) is 1. The van der Waals surface area contributed by atoms with Gasteiger partial charge in [0.15, 0.2) is 0 Å². The first-order valence-corrected chi connectivity index (χ1v) is 13.0. The zero-order chi connectivity index (χ0) is 25.4. The number of benzene rings is 2. The molecule has 1 atom stereocenters. The van der Waals surface area contributed by atoms with Crippen molar-refractivity contribution in [2.45, 2.75) is 32.7 Å². The Bertz CT molecular complexity index is 1440. The van der Waals surface area contributed by atoms with Crippen molar-refractivity contribution in [1.82, 2.24) is 24.8 Å². The highest BCUT2D eigenvalue weighted by atomic mass is 16.2. The van der Waals surface area contributed by atoms with Gasteiger partial charge >= 0.3 is 0 Å². The second kappa shape index (κ2) is 9.47. The van der Waals surface area contributed by atoms with Gasteiger partial charge in [0.2, 0.25) is 5.91 Å². The molecule has 3 heterocycles. The molecule has 2 fully saturated rings. The lowest BCUT2D eigenvalue weighted by molar-refractivity contribution is -0.123. The van der Waals surface area contributed by atoms with E-state index >= 15 is 0 Å². The summed E-state index contributed by atoms with van der Waals surface area (Å²) < 4.78 is 1.96. The van der Waals surface area contributed by atoms with E-state index in [0.717, 1.165) is 48.0 Å². The summed E-state index contributed by atoms with van der Waals surface area (Å²) in [6.07, 6.45) is 8.05. The van der Waals surface area contributed by atoms with Crippen LogP contribution in [0.5, 0.6) is 0 Å². The second-order valence-corrected chi connectivity index (χ2v) is 10.4. The van der Waals surface area contributed by atoms with Crippen LogP contribution in [0.1, 0.15) is 35.2 Å². The maximum absolute atomic E-state index is 13.8. The van der Waals surface area contributed by atoms with Gasteiger partial charge in [0.1, 0.15) is 0 Å². The van der Waals surface area contributed by atoms with Gasteiger partial charge in [-0.15, -0.1) is 0 Å². The minimum Gasteiger partial charge on any atom is -0.354 e. The van der Waals surface area contributed by atoms with Crippen LogP contribution in [0.2, 0.25) is 0 Å². The molecule has 188 valence electrons. The van der Waals surface area contributed by atoms with Gasteiger partial charge in [0.25, 0.3) is 5.91 Å². The molecule has 2 aromatic carbocycles. The Kier molecular flexibility index (Phi) is 5.99. The summed E-state index contributed by atoms with van der Waals surface area (Å²) in [7, 11) is 0. The van der Waals surface area contributed by atoms with E-state index in [0.29, 0.717) is 25.2 Å². The highest BCUT2D eigenvalue weighted by molar-refractivity contribution is 6.07. The molecule has 1 unspecified atom stereocenters. The maximum Gasteiger partial charge on any atom is 0.254 e. The van der Waals surface area contributed by atoms with E-state index < -0.39 is 0 Å². The van der Waals surface area contributed by atoms with E-state index in [4.69, 9.17) is 4.98 Å². The van der Waals surface area contributed by atoms with E-state index in [1.165, 1.54) is 5.56 Å². The lowest BCUT2D eigenvalue weighted by Gasteiger charge is -2.33. The predicted octanol–water partition coefficient (Wildman–Crippen LogP) is 4.47. The van der Waals surface area contributed by atoms with Gasteiger partial charge in [0.05, 0.1) is 23.1 Å². The highest BCUT2D eigenvalue weighted by Crippen LogP contribution is 2.59. The summed E-state index contributed by atoms with van der Waals surface area (Å²) in [5, 5.41) is 3.96. The number of aromatic nitrogens is 3. The Morgan fingerprint density at radius 3 is 2.62 bits per heavy atom. The Morgan fingerprint density at radius 2 is 1.86 bits per heavy atom. The first-order valence-electron chi connectivity index (χ1n) is 13.0. The predicted molar refractivity (Wildman–Crippen MR) is 143 cm³/mol. The lowest BCUT2D eigenvalue weighted by atomic mass is 9.90. The van der Waals surface area contributed by atoms with Crippen LogP contribution in [0.15, 0.2) is 73.3 Å². The number of nitrogens with zero attached hydrogens (tertiary/aromatic N) is 4. The monoisotopic (exact) mass is 493 g/mol. The first-order chi connectivity index (χ1) is 18.0. The van der Waals surface area contributed by atoms with Gasteiger partial charge in [-0.3, -0.25) is 9.59 Å². The minimum atomic E-state index is 0.0449. The topological polar surface area (TPSA) is 80.1 Å². The Morgan fingerprint density at radius 1 is 1.08 bits per heavy atom. The Hall–Kier alpha value is -4.00. The second-order valence-electron chi connectivity index (χ2n) is 10.4. The molecule has 1 aliphatic carbocycles. The van der Waals surface area contributed by atoms with Crippen LogP contribution < -0.4 is 5.32 Å². The van der Waals surface area contributed by atoms with Gasteiger partial charge in [-0.2, -0.15) is 0 Å². The molecule has 1 saturated heterocycles. The van der Waals surface area contributed by atoms with Crippen molar-refractivity contribution in [3.8, 4) is 11.3 Å². The highest BCUT2D eigenvalue weighted by Gasteiger charge is 2.58. The number of amides is 2. The zero-order valence-corrected chi connectivity index (χ0v) is 21.1. The van der Waals surface area contributed by atoms with Crippen molar-refractivity contribution >= 4 is 22.7 Å². The third-order valence-corrected chi connectivity index (χ3v) is 8.07. The van der Waals surface area contributed by atoms with Crippen molar-refractivity contribution in [2.75, 3.05) is 19.6 Å². The average molecular weight is 494 g/mol. The van der Waals surface area contributed by atoms with Gasteiger partial charge < -0.3 is 14.8 Å². The van der Waals surface area contributed by atoms with E-state index in [1.54, 1.807) is 12.5 Å². The zero-order valence-electron chi connectivity index (χ0n) is 21.1. The van der Waals surface area contributed by atoms with Crippen LogP contribution >= 0.6 is 0 Å². The molecule has 2 aromatic heterocycles. The average Bonchev–Trinajstić information content (AvgIpc) is 3.36. The van der Waals surface area contributed by atoms with Crippen molar-refractivity contribution in [3.63, 3.8) is 0 Å². The van der Waals surface area contributed by atoms with Gasteiger partial charge in [-0.1, -0.05) is 48.0 Å². The number of carbonyl (C=O) groups is 2. The molecule has 0 radical (unpaired) electrons. The fourth-order valence-electron chi connectivity index (χ4n) is 5.67. The molecule has 1 aliphatic heterocycles. The molecule has 1 N–H and O–H groups in total. The SMILES string of the molecule is Cc1ccc(-c2cc(C(=O)N3CCC4(CC3)CC4C(=O)NCCn3ccnc3)c3ccccc3n2)cc1. The number of fused-ring (bicyclic) bond motifs is 1. The number of imidazole rings is 1. The molecule has 2 amide bonds. The molecule has 1 spiro atoms. The van der Waals surface area contributed by atoms with Gasteiger partial charge in [-0.25, -0.2) is 9.97 Å². The molecular weight excluding hydrogens is 462 g/mol. The summed E-state index contributed by atoms with van der Waals surface area (Å²) in [6, 6.07) is 18.0. The van der Waals surface area contributed by atoms with Crippen LogP contribution in [0.4, 0.5) is 0 Å². The largest absolute Gasteiger partial charge is 0.354 e. The van der Waals surface area contributed by atoms with Crippen molar-refractivity contribution in [2.24, 2.45) is 11.3 Å². The number of carbonyl (C=O) groups excluding carboxylic acids is 2. The number of aryl methyl sites for hydroxylation is 1. The molecule has 6 rings (SSSR count). The maximum atomic E-state index is 13.8. The Labute approximate surface area is 216 Å².